The minimum absolute atomic E-state index is 0.215. The molecule has 0 heterocycles. The molecule has 0 bridgehead atoms. The Morgan fingerprint density at radius 3 is 2.21 bits per heavy atom. The van der Waals surface area contributed by atoms with Gasteiger partial charge in [0.1, 0.15) is 6.10 Å². The van der Waals surface area contributed by atoms with Crippen LogP contribution in [0, 0.1) is 12.3 Å². The van der Waals surface area contributed by atoms with Crippen molar-refractivity contribution in [2.45, 2.75) is 32.5 Å². The van der Waals surface area contributed by atoms with Gasteiger partial charge in [-0.05, 0) is 26.3 Å². The van der Waals surface area contributed by atoms with Gasteiger partial charge in [0.05, 0.1) is 5.60 Å². The van der Waals surface area contributed by atoms with E-state index in [4.69, 9.17) is 11.2 Å². The van der Waals surface area contributed by atoms with Crippen LogP contribution in [0.1, 0.15) is 32.4 Å². The van der Waals surface area contributed by atoms with Gasteiger partial charge in [-0.1, -0.05) is 36.3 Å². The molecule has 0 aliphatic carbocycles. The lowest BCUT2D eigenvalue weighted by atomic mass is 10.1. The molecule has 1 aromatic rings. The number of ether oxygens (including phenoxy) is 1. The maximum absolute atomic E-state index is 5.74. The lowest BCUT2D eigenvalue weighted by molar-refractivity contribution is -0.0351. The van der Waals surface area contributed by atoms with Crippen LogP contribution in [0.15, 0.2) is 30.3 Å². The molecule has 1 unspecified atom stereocenters. The minimum Gasteiger partial charge on any atom is -0.355 e. The molecule has 0 spiro atoms. The van der Waals surface area contributed by atoms with Crippen molar-refractivity contribution in [2.24, 2.45) is 0 Å². The fourth-order valence-electron chi connectivity index (χ4n) is 1.18. The van der Waals surface area contributed by atoms with Gasteiger partial charge >= 0.3 is 0 Å². The third kappa shape index (κ3) is 3.24. The molecule has 1 aromatic carbocycles. The summed E-state index contributed by atoms with van der Waals surface area (Å²) in [6.45, 7) is 6.00. The summed E-state index contributed by atoms with van der Waals surface area (Å²) < 4.78 is 5.74. The summed E-state index contributed by atoms with van der Waals surface area (Å²) in [5.41, 5.74) is 0.817. The summed E-state index contributed by atoms with van der Waals surface area (Å²) in [7, 11) is 0. The average Bonchev–Trinajstić information content (AvgIpc) is 2.14. The van der Waals surface area contributed by atoms with Crippen molar-refractivity contribution in [1.82, 2.24) is 0 Å². The summed E-state index contributed by atoms with van der Waals surface area (Å²) in [6.07, 6.45) is 5.18. The van der Waals surface area contributed by atoms with Gasteiger partial charge in [0, 0.05) is 0 Å². The molecule has 0 fully saturated rings. The van der Waals surface area contributed by atoms with Crippen LogP contribution in [0.2, 0.25) is 0 Å². The summed E-state index contributed by atoms with van der Waals surface area (Å²) in [5.74, 6) is 2.65. The Balaban J connectivity index is 2.80. The molecule has 1 rings (SSSR count). The van der Waals surface area contributed by atoms with E-state index in [0.717, 1.165) is 5.56 Å². The van der Waals surface area contributed by atoms with E-state index in [-0.39, 0.29) is 11.7 Å². The van der Waals surface area contributed by atoms with E-state index in [2.05, 4.69) is 5.92 Å². The fraction of sp³-hybridized carbons (Fsp3) is 0.385. The van der Waals surface area contributed by atoms with E-state index in [1.165, 1.54) is 0 Å². The highest BCUT2D eigenvalue weighted by Gasteiger charge is 2.17. The molecule has 0 aromatic heterocycles. The first-order valence-corrected chi connectivity index (χ1v) is 4.72. The summed E-state index contributed by atoms with van der Waals surface area (Å²) in [4.78, 5) is 0. The molecule has 0 radical (unpaired) electrons. The van der Waals surface area contributed by atoms with Crippen LogP contribution < -0.4 is 0 Å². The topological polar surface area (TPSA) is 9.23 Å². The van der Waals surface area contributed by atoms with Gasteiger partial charge in [-0.25, -0.2) is 0 Å². The Bertz CT molecular complexity index is 313. The van der Waals surface area contributed by atoms with Crippen molar-refractivity contribution >= 4 is 0 Å². The van der Waals surface area contributed by atoms with Crippen LogP contribution in [0.25, 0.3) is 0 Å². The van der Waals surface area contributed by atoms with E-state index in [0.29, 0.717) is 0 Å². The molecular formula is C13H16O. The zero-order valence-electron chi connectivity index (χ0n) is 8.95. The number of benzene rings is 1. The van der Waals surface area contributed by atoms with Gasteiger partial charge < -0.3 is 4.74 Å². The van der Waals surface area contributed by atoms with Crippen molar-refractivity contribution in [3.63, 3.8) is 0 Å². The van der Waals surface area contributed by atoms with Crippen LogP contribution in [-0.4, -0.2) is 5.60 Å². The van der Waals surface area contributed by atoms with Crippen molar-refractivity contribution in [3.8, 4) is 12.3 Å². The van der Waals surface area contributed by atoms with E-state index in [9.17, 15) is 0 Å². The van der Waals surface area contributed by atoms with Gasteiger partial charge in [0.15, 0.2) is 0 Å². The largest absolute Gasteiger partial charge is 0.355 e. The van der Waals surface area contributed by atoms with E-state index >= 15 is 0 Å². The van der Waals surface area contributed by atoms with Crippen molar-refractivity contribution < 1.29 is 4.74 Å². The number of rotatable bonds is 2. The zero-order chi connectivity index (χ0) is 10.6. The number of hydrogen-bond acceptors (Lipinski definition) is 1. The molecule has 14 heavy (non-hydrogen) atoms. The van der Waals surface area contributed by atoms with E-state index in [1.807, 2.05) is 51.1 Å². The average molecular weight is 188 g/mol. The first kappa shape index (κ1) is 10.8. The maximum Gasteiger partial charge on any atom is 0.143 e. The fourth-order valence-corrected chi connectivity index (χ4v) is 1.18. The Kier molecular flexibility index (Phi) is 3.33. The molecule has 0 N–H and O–H groups in total. The van der Waals surface area contributed by atoms with Crippen molar-refractivity contribution in [3.05, 3.63) is 35.9 Å². The first-order chi connectivity index (χ1) is 6.53. The third-order valence-electron chi connectivity index (χ3n) is 1.73. The predicted octanol–water partition coefficient (Wildman–Crippen LogP) is 3.18. The Labute approximate surface area is 86.1 Å². The maximum atomic E-state index is 5.74. The first-order valence-electron chi connectivity index (χ1n) is 4.72. The highest BCUT2D eigenvalue weighted by Crippen LogP contribution is 2.22. The lowest BCUT2D eigenvalue weighted by Gasteiger charge is -2.24. The normalized spacial score (nSPS) is 13.3. The summed E-state index contributed by atoms with van der Waals surface area (Å²) in [5, 5.41) is 0. The van der Waals surface area contributed by atoms with Crippen molar-refractivity contribution in [2.75, 3.05) is 0 Å². The predicted molar refractivity (Wildman–Crippen MR) is 58.9 cm³/mol. The molecule has 1 atom stereocenters. The van der Waals surface area contributed by atoms with E-state index < -0.39 is 0 Å². The Morgan fingerprint density at radius 1 is 1.21 bits per heavy atom. The van der Waals surface area contributed by atoms with Gasteiger partial charge in [0.25, 0.3) is 0 Å². The molecule has 0 saturated heterocycles. The second-order valence-corrected chi connectivity index (χ2v) is 4.19. The second-order valence-electron chi connectivity index (χ2n) is 4.19. The summed E-state index contributed by atoms with van der Waals surface area (Å²) in [6, 6.07) is 9.86. The number of terminal acetylenes is 1. The quantitative estimate of drug-likeness (QED) is 0.648. The second kappa shape index (κ2) is 4.30. The highest BCUT2D eigenvalue weighted by atomic mass is 16.5. The molecule has 0 amide bonds. The highest BCUT2D eigenvalue weighted by molar-refractivity contribution is 5.23. The third-order valence-corrected chi connectivity index (χ3v) is 1.73. The SMILES string of the molecule is C#CC(OC(C)(C)C)c1ccccc1. The van der Waals surface area contributed by atoms with Crippen LogP contribution in [0.3, 0.4) is 0 Å². The molecule has 0 saturated carbocycles. The smallest absolute Gasteiger partial charge is 0.143 e. The van der Waals surface area contributed by atoms with Gasteiger partial charge in [-0.2, -0.15) is 0 Å². The van der Waals surface area contributed by atoms with Gasteiger partial charge in [-0.15, -0.1) is 6.42 Å². The standard InChI is InChI=1S/C13H16O/c1-5-12(14-13(2,3)4)11-9-7-6-8-10-11/h1,6-10,12H,2-4H3. The minimum atomic E-state index is -0.254. The van der Waals surface area contributed by atoms with Crippen LogP contribution in [0.5, 0.6) is 0 Å². The molecule has 1 heteroatoms. The van der Waals surface area contributed by atoms with Gasteiger partial charge in [-0.3, -0.25) is 0 Å². The Hall–Kier alpha value is -1.26. The summed E-state index contributed by atoms with van der Waals surface area (Å²) >= 11 is 0. The zero-order valence-corrected chi connectivity index (χ0v) is 8.95. The van der Waals surface area contributed by atoms with E-state index in [1.54, 1.807) is 0 Å². The molecule has 1 nitrogen and oxygen atoms in total. The van der Waals surface area contributed by atoms with Crippen LogP contribution in [-0.2, 0) is 4.74 Å². The molecule has 0 aliphatic heterocycles. The Morgan fingerprint density at radius 2 is 1.79 bits per heavy atom. The van der Waals surface area contributed by atoms with Crippen LogP contribution >= 0.6 is 0 Å². The molecule has 74 valence electrons. The van der Waals surface area contributed by atoms with Gasteiger partial charge in [0.2, 0.25) is 0 Å². The monoisotopic (exact) mass is 188 g/mol. The number of hydrogen-bond donors (Lipinski definition) is 0. The van der Waals surface area contributed by atoms with Crippen molar-refractivity contribution in [1.29, 1.82) is 0 Å². The van der Waals surface area contributed by atoms with Crippen LogP contribution in [0.4, 0.5) is 0 Å². The lowest BCUT2D eigenvalue weighted by Crippen LogP contribution is -2.21. The molecule has 0 aliphatic rings. The molecular weight excluding hydrogens is 172 g/mol.